The van der Waals surface area contributed by atoms with Crippen LogP contribution in [0.3, 0.4) is 0 Å². The van der Waals surface area contributed by atoms with Gasteiger partial charge in [0.15, 0.2) is 4.90 Å². The van der Waals surface area contributed by atoms with Crippen LogP contribution in [-0.2, 0) is 23.0 Å². The SMILES string of the molecule is NS(=O)(=O)c1cccc(NC2CCc3ncnn3C2)c1[N+](=O)[O-]. The molecule has 2 aromatic rings. The van der Waals surface area contributed by atoms with Crippen molar-refractivity contribution >= 4 is 21.4 Å². The molecule has 0 saturated heterocycles. The molecular weight excluding hydrogens is 324 g/mol. The summed E-state index contributed by atoms with van der Waals surface area (Å²) in [5, 5.41) is 23.5. The molecule has 0 fully saturated rings. The van der Waals surface area contributed by atoms with Gasteiger partial charge in [0.1, 0.15) is 17.8 Å². The largest absolute Gasteiger partial charge is 0.375 e. The number of nitrogens with two attached hydrogens (primary N) is 1. The smallest absolute Gasteiger partial charge is 0.312 e. The average molecular weight is 338 g/mol. The highest BCUT2D eigenvalue weighted by Gasteiger charge is 2.29. The number of hydrogen-bond donors (Lipinski definition) is 2. The molecule has 2 heterocycles. The standard InChI is InChI=1S/C12H14N6O4S/c13-23(21,22)10-3-1-2-9(12(10)18(19)20)16-8-4-5-11-14-7-15-17(11)6-8/h1-3,7-8,16H,4-6H2,(H2,13,21,22). The molecule has 1 aliphatic rings. The summed E-state index contributed by atoms with van der Waals surface area (Å²) in [6, 6.07) is 3.87. The van der Waals surface area contributed by atoms with Crippen LogP contribution in [0.25, 0.3) is 0 Å². The molecule has 0 radical (unpaired) electrons. The van der Waals surface area contributed by atoms with Crippen molar-refractivity contribution in [1.29, 1.82) is 0 Å². The Hall–Kier alpha value is -2.53. The van der Waals surface area contributed by atoms with Gasteiger partial charge in [0.2, 0.25) is 10.0 Å². The van der Waals surface area contributed by atoms with E-state index < -0.39 is 25.5 Å². The predicted molar refractivity (Wildman–Crippen MR) is 80.2 cm³/mol. The molecule has 1 unspecified atom stereocenters. The molecule has 3 rings (SSSR count). The van der Waals surface area contributed by atoms with Crippen LogP contribution < -0.4 is 10.5 Å². The summed E-state index contributed by atoms with van der Waals surface area (Å²) in [5.74, 6) is 0.857. The monoisotopic (exact) mass is 338 g/mol. The molecule has 10 nitrogen and oxygen atoms in total. The molecule has 23 heavy (non-hydrogen) atoms. The summed E-state index contributed by atoms with van der Waals surface area (Å²) >= 11 is 0. The number of sulfonamides is 1. The second-order valence-electron chi connectivity index (χ2n) is 5.19. The van der Waals surface area contributed by atoms with Crippen molar-refractivity contribution in [2.45, 2.75) is 30.3 Å². The van der Waals surface area contributed by atoms with Crippen molar-refractivity contribution in [3.8, 4) is 0 Å². The fourth-order valence-corrected chi connectivity index (χ4v) is 3.35. The molecule has 0 aliphatic carbocycles. The molecule has 122 valence electrons. The predicted octanol–water partition coefficient (Wildman–Crippen LogP) is 0.261. The summed E-state index contributed by atoms with van der Waals surface area (Å²) in [5.41, 5.74) is -0.422. The van der Waals surface area contributed by atoms with E-state index in [1.807, 2.05) is 0 Å². The summed E-state index contributed by atoms with van der Waals surface area (Å²) < 4.78 is 24.8. The lowest BCUT2D eigenvalue weighted by atomic mass is 10.1. The van der Waals surface area contributed by atoms with Gasteiger partial charge in [0.05, 0.1) is 11.5 Å². The van der Waals surface area contributed by atoms with Crippen LogP contribution in [0.5, 0.6) is 0 Å². The van der Waals surface area contributed by atoms with Crippen molar-refractivity contribution < 1.29 is 13.3 Å². The maximum atomic E-state index is 11.6. The number of rotatable bonds is 4. The number of nitro groups is 1. The summed E-state index contributed by atoms with van der Waals surface area (Å²) in [4.78, 5) is 14.2. The second kappa shape index (κ2) is 5.59. The highest BCUT2D eigenvalue weighted by Crippen LogP contribution is 2.32. The van der Waals surface area contributed by atoms with Gasteiger partial charge in [-0.15, -0.1) is 0 Å². The van der Waals surface area contributed by atoms with Gasteiger partial charge < -0.3 is 5.32 Å². The van der Waals surface area contributed by atoms with Crippen LogP contribution in [0.4, 0.5) is 11.4 Å². The molecular formula is C12H14N6O4S. The van der Waals surface area contributed by atoms with Crippen molar-refractivity contribution in [1.82, 2.24) is 14.8 Å². The van der Waals surface area contributed by atoms with Gasteiger partial charge in [0.25, 0.3) is 0 Å². The Morgan fingerprint density at radius 1 is 1.43 bits per heavy atom. The van der Waals surface area contributed by atoms with Crippen LogP contribution in [-0.4, -0.2) is 34.1 Å². The van der Waals surface area contributed by atoms with Gasteiger partial charge in [-0.2, -0.15) is 5.10 Å². The Labute approximate surface area is 131 Å². The molecule has 0 saturated carbocycles. The van der Waals surface area contributed by atoms with Crippen molar-refractivity contribution in [3.05, 3.63) is 40.5 Å². The third-order valence-electron chi connectivity index (χ3n) is 3.65. The van der Waals surface area contributed by atoms with E-state index in [0.29, 0.717) is 19.4 Å². The maximum Gasteiger partial charge on any atom is 0.312 e. The third kappa shape index (κ3) is 3.00. The molecule has 0 bridgehead atoms. The normalized spacial score (nSPS) is 17.5. The van der Waals surface area contributed by atoms with E-state index in [-0.39, 0.29) is 11.7 Å². The van der Waals surface area contributed by atoms with E-state index in [0.717, 1.165) is 11.9 Å². The molecule has 0 amide bonds. The molecule has 0 spiro atoms. The zero-order chi connectivity index (χ0) is 16.6. The molecule has 1 aromatic carbocycles. The average Bonchev–Trinajstić information content (AvgIpc) is 2.93. The highest BCUT2D eigenvalue weighted by atomic mass is 32.2. The Morgan fingerprint density at radius 3 is 2.91 bits per heavy atom. The maximum absolute atomic E-state index is 11.6. The third-order valence-corrected chi connectivity index (χ3v) is 4.60. The molecule has 1 aliphatic heterocycles. The minimum Gasteiger partial charge on any atom is -0.375 e. The second-order valence-corrected chi connectivity index (χ2v) is 6.72. The Bertz CT molecular complexity index is 862. The lowest BCUT2D eigenvalue weighted by molar-refractivity contribution is -0.386. The first kappa shape index (κ1) is 15.4. The number of primary sulfonamides is 1. The first-order valence-electron chi connectivity index (χ1n) is 6.79. The van der Waals surface area contributed by atoms with Crippen LogP contribution in [0, 0.1) is 10.1 Å². The number of para-hydroxylation sites is 1. The Balaban J connectivity index is 1.93. The van der Waals surface area contributed by atoms with Gasteiger partial charge in [0, 0.05) is 12.5 Å². The van der Waals surface area contributed by atoms with Crippen molar-refractivity contribution in [3.63, 3.8) is 0 Å². The van der Waals surface area contributed by atoms with E-state index in [1.165, 1.54) is 18.5 Å². The number of anilines is 1. The number of hydrogen-bond acceptors (Lipinski definition) is 7. The van der Waals surface area contributed by atoms with Gasteiger partial charge in [-0.25, -0.2) is 23.2 Å². The fourth-order valence-electron chi connectivity index (χ4n) is 2.63. The number of nitrogens with one attached hydrogen (secondary N) is 1. The number of aromatic nitrogens is 3. The van der Waals surface area contributed by atoms with E-state index in [1.54, 1.807) is 4.68 Å². The first-order valence-corrected chi connectivity index (χ1v) is 8.34. The van der Waals surface area contributed by atoms with E-state index >= 15 is 0 Å². The number of aryl methyl sites for hydroxylation is 1. The molecule has 11 heteroatoms. The van der Waals surface area contributed by atoms with Crippen LogP contribution in [0.1, 0.15) is 12.2 Å². The minimum absolute atomic E-state index is 0.120. The van der Waals surface area contributed by atoms with Crippen LogP contribution in [0.2, 0.25) is 0 Å². The van der Waals surface area contributed by atoms with Gasteiger partial charge in [-0.05, 0) is 18.6 Å². The summed E-state index contributed by atoms with van der Waals surface area (Å²) in [7, 11) is -4.19. The lowest BCUT2D eigenvalue weighted by Crippen LogP contribution is -2.32. The zero-order valence-electron chi connectivity index (χ0n) is 11.9. The van der Waals surface area contributed by atoms with E-state index in [4.69, 9.17) is 5.14 Å². The topological polar surface area (TPSA) is 146 Å². The molecule has 1 atom stereocenters. The number of nitrogens with zero attached hydrogens (tertiary/aromatic N) is 4. The fraction of sp³-hybridized carbons (Fsp3) is 0.333. The highest BCUT2D eigenvalue weighted by molar-refractivity contribution is 7.89. The van der Waals surface area contributed by atoms with Crippen LogP contribution >= 0.6 is 0 Å². The van der Waals surface area contributed by atoms with Crippen LogP contribution in [0.15, 0.2) is 29.4 Å². The first-order chi connectivity index (χ1) is 10.9. The van der Waals surface area contributed by atoms with Crippen molar-refractivity contribution in [2.24, 2.45) is 5.14 Å². The number of nitro benzene ring substituents is 1. The molecule has 3 N–H and O–H groups in total. The van der Waals surface area contributed by atoms with Gasteiger partial charge in [-0.3, -0.25) is 10.1 Å². The van der Waals surface area contributed by atoms with Crippen molar-refractivity contribution in [2.75, 3.05) is 5.32 Å². The summed E-state index contributed by atoms with van der Waals surface area (Å²) in [6.45, 7) is 0.492. The van der Waals surface area contributed by atoms with E-state index in [9.17, 15) is 18.5 Å². The Kier molecular flexibility index (Phi) is 3.74. The number of benzene rings is 1. The zero-order valence-corrected chi connectivity index (χ0v) is 12.7. The Morgan fingerprint density at radius 2 is 2.22 bits per heavy atom. The summed E-state index contributed by atoms with van der Waals surface area (Å²) in [6.07, 6.45) is 2.84. The number of fused-ring (bicyclic) bond motifs is 1. The van der Waals surface area contributed by atoms with Gasteiger partial charge in [-0.1, -0.05) is 6.07 Å². The minimum atomic E-state index is -4.19. The molecule has 1 aromatic heterocycles. The lowest BCUT2D eigenvalue weighted by Gasteiger charge is -2.24. The quantitative estimate of drug-likeness (QED) is 0.600. The van der Waals surface area contributed by atoms with Gasteiger partial charge >= 0.3 is 5.69 Å². The van der Waals surface area contributed by atoms with E-state index in [2.05, 4.69) is 15.4 Å².